The number of phosphoric acid groups is 5. The summed E-state index contributed by atoms with van der Waals surface area (Å²) < 4.78 is 101. The van der Waals surface area contributed by atoms with Crippen LogP contribution in [0, 0.1) is 0 Å². The normalized spacial score (nSPS) is 29.0. The van der Waals surface area contributed by atoms with Crippen LogP contribution in [-0.2, 0) is 58.6 Å². The van der Waals surface area contributed by atoms with Crippen LogP contribution in [0.4, 0.5) is 11.6 Å². The average Bonchev–Trinajstić information content (AvgIpc) is 3.86. The van der Waals surface area contributed by atoms with E-state index in [1.165, 1.54) is 9.13 Å². The molecule has 2 aliphatic rings. The number of nitrogen functional groups attached to an aromatic ring is 2. The Morgan fingerprint density at radius 1 is 0.587 bits per heavy atom. The molecule has 2 saturated heterocycles. The van der Waals surface area contributed by atoms with Crippen molar-refractivity contribution in [3.63, 3.8) is 0 Å². The number of nitrogens with zero attached hydrogens (tertiary/aromatic N) is 8. The van der Waals surface area contributed by atoms with Gasteiger partial charge in [0.1, 0.15) is 49.3 Å². The number of aliphatic hydroxyl groups is 4. The SMILES string of the molecule is CCSc1nc2c(N)ncnc2n1C1OC(COP(=O)(O)OP(=O)(O)OP(=O)(O)OP(=O)(O)OP(=O)(O)OCC2OC(n3c(SCC)nc4c(N)ncnc43)C(O)C2O)C(O)C1O. The third-order valence-corrected chi connectivity index (χ3v) is 17.5. The summed E-state index contributed by atoms with van der Waals surface area (Å²) in [6.45, 7) is 1.20. The maximum Gasteiger partial charge on any atom is 0.490 e. The summed E-state index contributed by atoms with van der Waals surface area (Å²) in [6, 6.07) is 0. The second-order valence-corrected chi connectivity index (χ2v) is 22.9. The van der Waals surface area contributed by atoms with Crippen LogP contribution < -0.4 is 11.5 Å². The number of imidazole rings is 2. The number of ether oxygens (including phenoxy) is 2. The number of fused-ring (bicyclic) bond motifs is 2. The molecule has 2 fully saturated rings. The third kappa shape index (κ3) is 11.5. The molecule has 0 saturated carbocycles. The number of hydrogen-bond acceptors (Lipinski definition) is 27. The topological polar surface area (TPSA) is 481 Å². The molecule has 0 radical (unpaired) electrons. The molecule has 12 unspecified atom stereocenters. The van der Waals surface area contributed by atoms with Gasteiger partial charge in [-0.2, -0.15) is 17.2 Å². The van der Waals surface area contributed by atoms with Gasteiger partial charge in [-0.25, -0.2) is 52.7 Å². The first-order valence-corrected chi connectivity index (χ1v) is 26.8. The number of aromatic nitrogens is 8. The van der Waals surface area contributed by atoms with Crippen molar-refractivity contribution >= 4 is 96.6 Å². The maximum atomic E-state index is 12.6. The fourth-order valence-electron chi connectivity index (χ4n) is 5.84. The van der Waals surface area contributed by atoms with E-state index < -0.39 is 101 Å². The molecule has 0 amide bonds. The Balaban J connectivity index is 1.03. The molecule has 0 bridgehead atoms. The molecule has 4 aromatic heterocycles. The van der Waals surface area contributed by atoms with Crippen LogP contribution in [0.25, 0.3) is 22.3 Å². The lowest BCUT2D eigenvalue weighted by Gasteiger charge is -2.22. The number of aliphatic hydroxyl groups excluding tert-OH is 4. The van der Waals surface area contributed by atoms with Crippen LogP contribution in [0.15, 0.2) is 23.0 Å². The quantitative estimate of drug-likeness (QED) is 0.0406. The van der Waals surface area contributed by atoms with Gasteiger partial charge < -0.3 is 65.8 Å². The number of nitrogens with two attached hydrogens (primary N) is 2. The van der Waals surface area contributed by atoms with Gasteiger partial charge in [0, 0.05) is 0 Å². The lowest BCUT2D eigenvalue weighted by atomic mass is 10.1. The Hall–Kier alpha value is -2.13. The summed E-state index contributed by atoms with van der Waals surface area (Å²) in [5, 5.41) is 43.3. The molecule has 2 aliphatic heterocycles. The molecule has 4 aromatic rings. The highest BCUT2D eigenvalue weighted by atomic mass is 32.2. The van der Waals surface area contributed by atoms with Gasteiger partial charge in [-0.1, -0.05) is 37.4 Å². The number of anilines is 2. The van der Waals surface area contributed by atoms with E-state index in [1.807, 2.05) is 0 Å². The molecule has 6 heterocycles. The Bertz CT molecular complexity index is 2410. The van der Waals surface area contributed by atoms with Gasteiger partial charge in [-0.15, -0.1) is 0 Å². The number of rotatable bonds is 20. The van der Waals surface area contributed by atoms with Crippen molar-refractivity contribution in [2.24, 2.45) is 0 Å². The number of hydrogen-bond donors (Lipinski definition) is 11. The van der Waals surface area contributed by atoms with Crippen molar-refractivity contribution in [2.45, 2.75) is 73.2 Å². The maximum absolute atomic E-state index is 12.6. The summed E-state index contributed by atoms with van der Waals surface area (Å²) in [4.78, 5) is 74.5. The van der Waals surface area contributed by atoms with Crippen LogP contribution in [0.3, 0.4) is 0 Å². The first-order chi connectivity index (χ1) is 29.3. The van der Waals surface area contributed by atoms with E-state index >= 15 is 0 Å². The monoisotopic (exact) mass is 1040 g/mol. The fourth-order valence-corrected chi connectivity index (χ4v) is 13.7. The number of thioether (sulfide) groups is 2. The largest absolute Gasteiger partial charge is 0.490 e. The lowest BCUT2D eigenvalue weighted by Crippen LogP contribution is -2.33. The predicted octanol–water partition coefficient (Wildman–Crippen LogP) is -0.105. The van der Waals surface area contributed by atoms with E-state index in [0.29, 0.717) is 11.5 Å². The average molecular weight is 1040 g/mol. The van der Waals surface area contributed by atoms with Crippen molar-refractivity contribution in [3.05, 3.63) is 12.7 Å². The molecule has 0 aliphatic carbocycles. The number of phosphoric ester groups is 2. The highest BCUT2D eigenvalue weighted by Gasteiger charge is 2.51. The molecular weight excluding hydrogens is 999 g/mol. The van der Waals surface area contributed by atoms with Gasteiger partial charge in [0.15, 0.2) is 56.7 Å². The van der Waals surface area contributed by atoms with E-state index in [4.69, 9.17) is 20.9 Å². The van der Waals surface area contributed by atoms with Gasteiger partial charge >= 0.3 is 39.1 Å². The van der Waals surface area contributed by atoms with Gasteiger partial charge in [0.25, 0.3) is 0 Å². The minimum absolute atomic E-state index is 0.0264. The summed E-state index contributed by atoms with van der Waals surface area (Å²) in [6.07, 6.45) is -11.4. The lowest BCUT2D eigenvalue weighted by molar-refractivity contribution is -0.0540. The van der Waals surface area contributed by atoms with E-state index in [1.54, 1.807) is 13.8 Å². The van der Waals surface area contributed by atoms with Crippen molar-refractivity contribution in [1.82, 2.24) is 39.0 Å². The molecule has 6 rings (SSSR count). The van der Waals surface area contributed by atoms with E-state index in [-0.39, 0.29) is 44.3 Å². The smallest absolute Gasteiger partial charge is 0.387 e. The first kappa shape index (κ1) is 50.3. The molecule has 0 spiro atoms. The Morgan fingerprint density at radius 2 is 0.921 bits per heavy atom. The molecule has 39 heteroatoms. The first-order valence-electron chi connectivity index (χ1n) is 17.3. The third-order valence-electron chi connectivity index (χ3n) is 8.31. The molecule has 0 aromatic carbocycles. The van der Waals surface area contributed by atoms with Crippen molar-refractivity contribution in [3.8, 4) is 0 Å². The van der Waals surface area contributed by atoms with E-state index in [9.17, 15) is 67.7 Å². The zero-order valence-corrected chi connectivity index (χ0v) is 37.8. The van der Waals surface area contributed by atoms with Crippen LogP contribution in [0.5, 0.6) is 0 Å². The highest BCUT2D eigenvalue weighted by molar-refractivity contribution is 7.99. The van der Waals surface area contributed by atoms with Gasteiger partial charge in [-0.05, 0) is 11.5 Å². The van der Waals surface area contributed by atoms with E-state index in [2.05, 4.69) is 56.2 Å². The second-order valence-electron chi connectivity index (χ2n) is 12.6. The summed E-state index contributed by atoms with van der Waals surface area (Å²) in [5.41, 5.74) is 12.1. The zero-order chi connectivity index (χ0) is 46.4. The van der Waals surface area contributed by atoms with Crippen molar-refractivity contribution in [1.29, 1.82) is 0 Å². The molecule has 12 atom stereocenters. The molecule has 13 N–H and O–H groups in total. The van der Waals surface area contributed by atoms with Crippen LogP contribution >= 0.6 is 62.6 Å². The summed E-state index contributed by atoms with van der Waals surface area (Å²) >= 11 is 2.32. The van der Waals surface area contributed by atoms with Crippen molar-refractivity contribution in [2.75, 3.05) is 36.2 Å². The molecule has 63 heavy (non-hydrogen) atoms. The van der Waals surface area contributed by atoms with Crippen LogP contribution in [0.1, 0.15) is 26.3 Å². The molecule has 352 valence electrons. The van der Waals surface area contributed by atoms with Crippen LogP contribution in [0.2, 0.25) is 0 Å². The van der Waals surface area contributed by atoms with Gasteiger partial charge in [0.05, 0.1) is 13.2 Å². The van der Waals surface area contributed by atoms with Crippen molar-refractivity contribution < 1.29 is 103 Å². The summed E-state index contributed by atoms with van der Waals surface area (Å²) in [7, 11) is -31.0. The minimum atomic E-state index is -6.47. The van der Waals surface area contributed by atoms with Crippen LogP contribution in [-0.4, -0.2) is 145 Å². The fraction of sp³-hybridized carbons (Fsp3) is 0.583. The predicted molar refractivity (Wildman–Crippen MR) is 209 cm³/mol. The van der Waals surface area contributed by atoms with Gasteiger partial charge in [-0.3, -0.25) is 18.2 Å². The minimum Gasteiger partial charge on any atom is -0.387 e. The zero-order valence-electron chi connectivity index (χ0n) is 31.7. The highest BCUT2D eigenvalue weighted by Crippen LogP contribution is 2.74. The van der Waals surface area contributed by atoms with E-state index in [0.717, 1.165) is 36.2 Å². The Kier molecular flexibility index (Phi) is 15.4. The second kappa shape index (κ2) is 19.2. The Morgan fingerprint density at radius 3 is 1.25 bits per heavy atom. The summed E-state index contributed by atoms with van der Waals surface area (Å²) in [5.74, 6) is 0.871. The Labute approximate surface area is 360 Å². The van der Waals surface area contributed by atoms with Gasteiger partial charge in [0.2, 0.25) is 0 Å². The standard InChI is InChI=1S/C24H37N10O22P5S2/c1-3-62-23-31-11-17(25)27-7-29-19(11)33(23)21-15(37)13(35)9(51-21)5-49-57(39,40)53-59(43,44)55-61(47,48)56-60(45,46)54-58(41,42)50-6-10-14(36)16(38)22(52-10)34-20-12(18(26)28-8-30-20)32-24(34)63-4-2/h7-10,13-16,21-22,35-38H,3-6H2,1-2H3,(H,39,40)(H,41,42)(H,43,44)(H,45,46)(H,47,48)(H2,25,27,29)(H2,26,28,30). The molecular formula is C24H37N10O22P5S2. The molecule has 32 nitrogen and oxygen atoms in total.